The molecule has 2 heterocycles. The molecule has 0 aliphatic carbocycles. The van der Waals surface area contributed by atoms with Crippen molar-refractivity contribution < 1.29 is 0 Å². The maximum Gasteiger partial charge on any atom is 0.160 e. The van der Waals surface area contributed by atoms with Crippen LogP contribution < -0.4 is 4.90 Å². The molecule has 10 aromatic rings. The van der Waals surface area contributed by atoms with Crippen LogP contribution in [0.15, 0.2) is 194 Å². The first-order valence-corrected chi connectivity index (χ1v) is 20.6. The zero-order valence-corrected chi connectivity index (χ0v) is 34.3. The van der Waals surface area contributed by atoms with Gasteiger partial charge in [-0.15, -0.1) is 0 Å². The summed E-state index contributed by atoms with van der Waals surface area (Å²) in [6.07, 6.45) is 0. The summed E-state index contributed by atoms with van der Waals surface area (Å²) < 4.78 is 2.39. The third-order valence-corrected chi connectivity index (χ3v) is 11.7. The van der Waals surface area contributed by atoms with E-state index >= 15 is 0 Å². The molecule has 288 valence electrons. The average Bonchev–Trinajstić information content (AvgIpc) is 3.62. The normalized spacial score (nSPS) is 11.3. The predicted octanol–water partition coefficient (Wildman–Crippen LogP) is 14.9. The molecule has 0 radical (unpaired) electrons. The second kappa shape index (κ2) is 15.3. The monoisotopic (exact) mass is 772 g/mol. The Hall–Kier alpha value is -7.56. The van der Waals surface area contributed by atoms with Gasteiger partial charge in [-0.25, -0.2) is 9.97 Å². The lowest BCUT2D eigenvalue weighted by Crippen LogP contribution is -2.09. The van der Waals surface area contributed by atoms with Gasteiger partial charge in [0.05, 0.1) is 22.4 Å². The summed E-state index contributed by atoms with van der Waals surface area (Å²) in [4.78, 5) is 12.5. The Morgan fingerprint density at radius 1 is 0.383 bits per heavy atom. The van der Waals surface area contributed by atoms with Gasteiger partial charge in [0, 0.05) is 50.2 Å². The SMILES string of the molecule is Cc1ccc(N(c2ccc(C)cc2)c2ccc3c(c2)c2ccccc2n3-c2ccc(-c3ccc(-c4cc(-c5ccccc5C)nc(-c5ccccc5C)n4)cc3)cc2)cc1. The Labute approximate surface area is 351 Å². The van der Waals surface area contributed by atoms with E-state index in [1.165, 1.54) is 38.5 Å². The highest BCUT2D eigenvalue weighted by Crippen LogP contribution is 2.40. The maximum atomic E-state index is 5.12. The van der Waals surface area contributed by atoms with Crippen molar-refractivity contribution in [1.82, 2.24) is 14.5 Å². The molecule has 0 amide bonds. The summed E-state index contributed by atoms with van der Waals surface area (Å²) in [5.74, 6) is 0.736. The Bertz CT molecular complexity index is 3050. The molecule has 0 saturated heterocycles. The topological polar surface area (TPSA) is 34.0 Å². The van der Waals surface area contributed by atoms with Crippen LogP contribution in [0.1, 0.15) is 22.3 Å². The number of hydrogen-bond donors (Lipinski definition) is 0. The fourth-order valence-electron chi connectivity index (χ4n) is 8.39. The molecule has 8 aromatic carbocycles. The Balaban J connectivity index is 0.998. The van der Waals surface area contributed by atoms with Crippen molar-refractivity contribution in [3.8, 4) is 50.7 Å². The van der Waals surface area contributed by atoms with E-state index in [0.717, 1.165) is 73.3 Å². The minimum absolute atomic E-state index is 0.736. The van der Waals surface area contributed by atoms with Crippen LogP contribution in [0, 0.1) is 27.7 Å². The first-order chi connectivity index (χ1) is 29.4. The van der Waals surface area contributed by atoms with Gasteiger partial charge < -0.3 is 9.47 Å². The molecule has 2 aromatic heterocycles. The van der Waals surface area contributed by atoms with Crippen LogP contribution >= 0.6 is 0 Å². The standard InChI is InChI=1S/C56H44N4/c1-37-17-27-44(28-18-37)59(45-29-19-38(2)20-30-45)47-33-34-55-51(35-47)50-15-9-10-16-54(50)60(55)46-31-25-42(26-32-46)41-21-23-43(24-22-41)52-36-53(48-13-7-5-11-39(48)3)58-56(57-52)49-14-8-6-12-40(49)4/h5-36H,1-4H3. The van der Waals surface area contributed by atoms with Gasteiger partial charge in [-0.1, -0.05) is 139 Å². The van der Waals surface area contributed by atoms with Crippen LogP contribution in [0.4, 0.5) is 17.1 Å². The van der Waals surface area contributed by atoms with Crippen molar-refractivity contribution in [2.24, 2.45) is 0 Å². The van der Waals surface area contributed by atoms with Gasteiger partial charge in [0.15, 0.2) is 5.82 Å². The van der Waals surface area contributed by atoms with Crippen LogP contribution in [0.5, 0.6) is 0 Å². The first kappa shape index (κ1) is 36.8. The van der Waals surface area contributed by atoms with Gasteiger partial charge >= 0.3 is 0 Å². The molecule has 10 rings (SSSR count). The largest absolute Gasteiger partial charge is 0.310 e. The van der Waals surface area contributed by atoms with Crippen LogP contribution in [0.25, 0.3) is 72.5 Å². The molecule has 0 atom stereocenters. The molecular formula is C56H44N4. The van der Waals surface area contributed by atoms with E-state index in [1.54, 1.807) is 0 Å². The fraction of sp³-hybridized carbons (Fsp3) is 0.0714. The number of aryl methyl sites for hydroxylation is 4. The number of benzene rings is 8. The van der Waals surface area contributed by atoms with Gasteiger partial charge in [-0.3, -0.25) is 0 Å². The average molecular weight is 773 g/mol. The van der Waals surface area contributed by atoms with Crippen molar-refractivity contribution in [3.05, 3.63) is 216 Å². The summed E-state index contributed by atoms with van der Waals surface area (Å²) in [5, 5.41) is 2.44. The molecular weight excluding hydrogens is 729 g/mol. The zero-order valence-electron chi connectivity index (χ0n) is 34.3. The summed E-state index contributed by atoms with van der Waals surface area (Å²) in [5.41, 5.74) is 19.0. The number of rotatable bonds is 8. The number of nitrogens with zero attached hydrogens (tertiary/aromatic N) is 4. The predicted molar refractivity (Wildman–Crippen MR) is 252 cm³/mol. The number of para-hydroxylation sites is 1. The molecule has 0 unspecified atom stereocenters. The molecule has 4 nitrogen and oxygen atoms in total. The van der Waals surface area contributed by atoms with E-state index in [2.05, 4.69) is 231 Å². The number of anilines is 3. The van der Waals surface area contributed by atoms with E-state index in [9.17, 15) is 0 Å². The first-order valence-electron chi connectivity index (χ1n) is 20.6. The summed E-state index contributed by atoms with van der Waals surface area (Å²) in [6, 6.07) is 69.7. The van der Waals surface area contributed by atoms with Crippen LogP contribution in [0.3, 0.4) is 0 Å². The Morgan fingerprint density at radius 3 is 1.52 bits per heavy atom. The van der Waals surface area contributed by atoms with E-state index in [0.29, 0.717) is 0 Å². The highest BCUT2D eigenvalue weighted by Gasteiger charge is 2.18. The van der Waals surface area contributed by atoms with Gasteiger partial charge in [-0.2, -0.15) is 0 Å². The van der Waals surface area contributed by atoms with Crippen molar-refractivity contribution >= 4 is 38.9 Å². The zero-order chi connectivity index (χ0) is 40.7. The molecule has 0 bridgehead atoms. The number of hydrogen-bond acceptors (Lipinski definition) is 3. The van der Waals surface area contributed by atoms with E-state index in [1.807, 2.05) is 0 Å². The van der Waals surface area contributed by atoms with Crippen LogP contribution in [0.2, 0.25) is 0 Å². The highest BCUT2D eigenvalue weighted by molar-refractivity contribution is 6.10. The van der Waals surface area contributed by atoms with Crippen molar-refractivity contribution in [2.45, 2.75) is 27.7 Å². The smallest absolute Gasteiger partial charge is 0.160 e. The molecule has 0 spiro atoms. The summed E-state index contributed by atoms with van der Waals surface area (Å²) in [6.45, 7) is 8.52. The summed E-state index contributed by atoms with van der Waals surface area (Å²) in [7, 11) is 0. The molecule has 0 saturated carbocycles. The van der Waals surface area contributed by atoms with E-state index < -0.39 is 0 Å². The molecule has 60 heavy (non-hydrogen) atoms. The van der Waals surface area contributed by atoms with Crippen LogP contribution in [-0.2, 0) is 0 Å². The molecule has 0 aliphatic rings. The van der Waals surface area contributed by atoms with Gasteiger partial charge in [-0.05, 0) is 117 Å². The Morgan fingerprint density at radius 2 is 0.883 bits per heavy atom. The molecule has 0 aliphatic heterocycles. The second-order valence-corrected chi connectivity index (χ2v) is 15.8. The summed E-state index contributed by atoms with van der Waals surface area (Å²) >= 11 is 0. The second-order valence-electron chi connectivity index (χ2n) is 15.8. The quantitative estimate of drug-likeness (QED) is 0.154. The number of aromatic nitrogens is 3. The minimum atomic E-state index is 0.736. The molecule has 0 fully saturated rings. The van der Waals surface area contributed by atoms with Gasteiger partial charge in [0.25, 0.3) is 0 Å². The van der Waals surface area contributed by atoms with E-state index in [-0.39, 0.29) is 0 Å². The van der Waals surface area contributed by atoms with E-state index in [4.69, 9.17) is 9.97 Å². The minimum Gasteiger partial charge on any atom is -0.310 e. The van der Waals surface area contributed by atoms with Crippen LogP contribution in [-0.4, -0.2) is 14.5 Å². The fourth-order valence-corrected chi connectivity index (χ4v) is 8.39. The highest BCUT2D eigenvalue weighted by atomic mass is 15.1. The number of fused-ring (bicyclic) bond motifs is 3. The molecule has 4 heteroatoms. The van der Waals surface area contributed by atoms with Gasteiger partial charge in [0.2, 0.25) is 0 Å². The maximum absolute atomic E-state index is 5.12. The molecule has 0 N–H and O–H groups in total. The third kappa shape index (κ3) is 6.82. The lowest BCUT2D eigenvalue weighted by atomic mass is 10.00. The Kier molecular flexibility index (Phi) is 9.38. The lowest BCUT2D eigenvalue weighted by Gasteiger charge is -2.26. The lowest BCUT2D eigenvalue weighted by molar-refractivity contribution is 1.17. The van der Waals surface area contributed by atoms with Crippen molar-refractivity contribution in [2.75, 3.05) is 4.90 Å². The van der Waals surface area contributed by atoms with Gasteiger partial charge in [0.1, 0.15) is 0 Å². The van der Waals surface area contributed by atoms with Crippen molar-refractivity contribution in [3.63, 3.8) is 0 Å². The third-order valence-electron chi connectivity index (χ3n) is 11.7. The van der Waals surface area contributed by atoms with Crippen molar-refractivity contribution in [1.29, 1.82) is 0 Å².